The van der Waals surface area contributed by atoms with E-state index in [2.05, 4.69) is 54.5 Å². The molecule has 5 aliphatic carbocycles. The van der Waals surface area contributed by atoms with E-state index in [1.165, 1.54) is 5.57 Å². The van der Waals surface area contributed by atoms with Crippen LogP contribution < -0.4 is 0 Å². The average Bonchev–Trinajstić information content (AvgIpc) is 2.96. The van der Waals surface area contributed by atoms with E-state index in [0.717, 1.165) is 38.5 Å². The van der Waals surface area contributed by atoms with Crippen LogP contribution in [-0.4, -0.2) is 86.1 Å². The van der Waals surface area contributed by atoms with Crippen molar-refractivity contribution in [3.8, 4) is 0 Å². The number of carboxylic acids is 1. The fourth-order valence-electron chi connectivity index (χ4n) is 12.2. The predicted molar refractivity (Wildman–Crippen MR) is 167 cm³/mol. The van der Waals surface area contributed by atoms with Crippen molar-refractivity contribution in [3.63, 3.8) is 0 Å². The van der Waals surface area contributed by atoms with E-state index >= 15 is 0 Å². The zero-order chi connectivity index (χ0) is 33.1. The number of hydrogen-bond donors (Lipinski definition) is 6. The SMILES string of the molecule is CC1(C)CCC2(C(=O)O)CCC3(C)C(=CCC4C5(C)CCC(OC6OC(CO)C(O)C(O)C6O)C(C)(C)C5CCC43C)C2C1O. The summed E-state index contributed by atoms with van der Waals surface area (Å²) in [6, 6.07) is 0. The van der Waals surface area contributed by atoms with Crippen molar-refractivity contribution in [2.75, 3.05) is 6.61 Å². The molecular formula is C36H58O9. The smallest absolute Gasteiger partial charge is 0.310 e. The highest BCUT2D eigenvalue weighted by molar-refractivity contribution is 5.77. The summed E-state index contributed by atoms with van der Waals surface area (Å²) < 4.78 is 12.2. The molecular weight excluding hydrogens is 576 g/mol. The van der Waals surface area contributed by atoms with Gasteiger partial charge in [-0.15, -0.1) is 0 Å². The Morgan fingerprint density at radius 3 is 2.18 bits per heavy atom. The first kappa shape index (κ1) is 33.8. The van der Waals surface area contributed by atoms with E-state index in [1.54, 1.807) is 0 Å². The lowest BCUT2D eigenvalue weighted by molar-refractivity contribution is -0.330. The fraction of sp³-hybridized carbons (Fsp3) is 0.917. The summed E-state index contributed by atoms with van der Waals surface area (Å²) in [6.07, 6.45) is 2.16. The van der Waals surface area contributed by atoms with Gasteiger partial charge in [0.15, 0.2) is 6.29 Å². The van der Waals surface area contributed by atoms with Crippen molar-refractivity contribution in [1.29, 1.82) is 0 Å². The normalized spacial score (nSPS) is 53.6. The first-order chi connectivity index (χ1) is 20.8. The largest absolute Gasteiger partial charge is 0.481 e. The van der Waals surface area contributed by atoms with E-state index in [1.807, 2.05) is 0 Å². The van der Waals surface area contributed by atoms with Gasteiger partial charge in [0, 0.05) is 5.92 Å². The summed E-state index contributed by atoms with van der Waals surface area (Å²) >= 11 is 0. The molecule has 0 aromatic heterocycles. The Labute approximate surface area is 268 Å². The number of allylic oxidation sites excluding steroid dienone is 1. The molecule has 1 saturated heterocycles. The molecule has 0 amide bonds. The summed E-state index contributed by atoms with van der Waals surface area (Å²) in [4.78, 5) is 13.0. The van der Waals surface area contributed by atoms with Crippen LogP contribution in [0.1, 0.15) is 106 Å². The molecule has 14 unspecified atom stereocenters. The molecule has 6 N–H and O–H groups in total. The van der Waals surface area contributed by atoms with Crippen LogP contribution in [0.2, 0.25) is 0 Å². The molecule has 5 fully saturated rings. The van der Waals surface area contributed by atoms with Gasteiger partial charge in [-0.3, -0.25) is 4.79 Å². The molecule has 9 heteroatoms. The second-order valence-corrected chi connectivity index (χ2v) is 17.8. The molecule has 9 nitrogen and oxygen atoms in total. The van der Waals surface area contributed by atoms with E-state index in [4.69, 9.17) is 9.47 Å². The zero-order valence-electron chi connectivity index (χ0n) is 28.3. The second kappa shape index (κ2) is 10.7. The highest BCUT2D eigenvalue weighted by atomic mass is 16.7. The molecule has 0 radical (unpaired) electrons. The first-order valence-electron chi connectivity index (χ1n) is 17.4. The minimum Gasteiger partial charge on any atom is -0.481 e. The third kappa shape index (κ3) is 4.46. The maximum absolute atomic E-state index is 13.0. The summed E-state index contributed by atoms with van der Waals surface area (Å²) in [5, 5.41) is 63.5. The summed E-state index contributed by atoms with van der Waals surface area (Å²) in [5.41, 5.74) is -0.628. The molecule has 0 aromatic rings. The molecule has 0 bridgehead atoms. The highest BCUT2D eigenvalue weighted by Crippen LogP contribution is 2.76. The van der Waals surface area contributed by atoms with Crippen LogP contribution in [0, 0.1) is 50.2 Å². The molecule has 4 saturated carbocycles. The van der Waals surface area contributed by atoms with Gasteiger partial charge in [0.1, 0.15) is 24.4 Å². The Hall–Kier alpha value is -1.07. The number of carboxylic acid groups (broad SMARTS) is 1. The van der Waals surface area contributed by atoms with Gasteiger partial charge < -0.3 is 40.1 Å². The van der Waals surface area contributed by atoms with Gasteiger partial charge >= 0.3 is 5.97 Å². The van der Waals surface area contributed by atoms with Crippen molar-refractivity contribution in [2.24, 2.45) is 50.2 Å². The van der Waals surface area contributed by atoms with E-state index in [9.17, 15) is 35.4 Å². The minimum absolute atomic E-state index is 0.0113. The van der Waals surface area contributed by atoms with Crippen LogP contribution in [0.5, 0.6) is 0 Å². The number of aliphatic carboxylic acids is 1. The van der Waals surface area contributed by atoms with Gasteiger partial charge in [-0.05, 0) is 96.7 Å². The molecule has 45 heavy (non-hydrogen) atoms. The fourth-order valence-corrected chi connectivity index (χ4v) is 12.2. The number of rotatable bonds is 4. The van der Waals surface area contributed by atoms with Crippen molar-refractivity contribution in [3.05, 3.63) is 11.6 Å². The maximum atomic E-state index is 13.0. The lowest BCUT2D eigenvalue weighted by Gasteiger charge is -2.71. The van der Waals surface area contributed by atoms with Gasteiger partial charge in [0.2, 0.25) is 0 Å². The number of aliphatic hydroxyl groups excluding tert-OH is 5. The number of ether oxygens (including phenoxy) is 2. The molecule has 0 spiro atoms. The Morgan fingerprint density at radius 2 is 1.53 bits per heavy atom. The Balaban J connectivity index is 1.31. The zero-order valence-corrected chi connectivity index (χ0v) is 28.3. The van der Waals surface area contributed by atoms with Crippen LogP contribution >= 0.6 is 0 Å². The molecule has 14 atom stereocenters. The number of hydrogen-bond acceptors (Lipinski definition) is 8. The summed E-state index contributed by atoms with van der Waals surface area (Å²) in [7, 11) is 0. The third-order valence-electron chi connectivity index (χ3n) is 15.4. The third-order valence-corrected chi connectivity index (χ3v) is 15.4. The van der Waals surface area contributed by atoms with Crippen molar-refractivity contribution in [1.82, 2.24) is 0 Å². The molecule has 6 aliphatic rings. The van der Waals surface area contributed by atoms with Crippen LogP contribution in [0.25, 0.3) is 0 Å². The lowest BCUT2D eigenvalue weighted by Crippen LogP contribution is -2.67. The Bertz CT molecular complexity index is 1210. The average molecular weight is 635 g/mol. The van der Waals surface area contributed by atoms with Gasteiger partial charge in [0.05, 0.1) is 24.2 Å². The molecule has 256 valence electrons. The predicted octanol–water partition coefficient (Wildman–Crippen LogP) is 4.03. The molecule has 1 aliphatic heterocycles. The van der Waals surface area contributed by atoms with Crippen LogP contribution in [0.15, 0.2) is 11.6 Å². The van der Waals surface area contributed by atoms with Crippen molar-refractivity contribution >= 4 is 5.97 Å². The van der Waals surface area contributed by atoms with Gasteiger partial charge in [-0.25, -0.2) is 0 Å². The number of carbonyl (C=O) groups is 1. The highest BCUT2D eigenvalue weighted by Gasteiger charge is 2.70. The van der Waals surface area contributed by atoms with Crippen molar-refractivity contribution in [2.45, 2.75) is 149 Å². The quantitative estimate of drug-likeness (QED) is 0.199. The standard InChI is InChI=1S/C36H58O9/c1-31(2)14-16-36(30(42)43)17-15-34(6)19(24(36)28(31)41)8-9-22-33(5)12-11-23(32(3,4)21(33)10-13-35(22,34)7)45-29-27(40)26(39)25(38)20(18-37)44-29/h8,20-29,37-41H,9-18H2,1-7H3,(H,42,43). The number of fused-ring (bicyclic) bond motifs is 7. The number of aliphatic hydroxyl groups is 5. The minimum atomic E-state index is -1.47. The molecule has 6 rings (SSSR count). The Morgan fingerprint density at radius 1 is 0.867 bits per heavy atom. The first-order valence-corrected chi connectivity index (χ1v) is 17.4. The lowest BCUT2D eigenvalue weighted by atomic mass is 9.33. The second-order valence-electron chi connectivity index (χ2n) is 17.8. The topological polar surface area (TPSA) is 157 Å². The van der Waals surface area contributed by atoms with Crippen molar-refractivity contribution < 1.29 is 44.9 Å². The Kier molecular flexibility index (Phi) is 8.05. The van der Waals surface area contributed by atoms with Crippen LogP contribution in [0.4, 0.5) is 0 Å². The summed E-state index contributed by atoms with van der Waals surface area (Å²) in [5.74, 6) is -0.449. The molecule has 0 aromatic carbocycles. The van der Waals surface area contributed by atoms with Crippen LogP contribution in [-0.2, 0) is 14.3 Å². The van der Waals surface area contributed by atoms with E-state index < -0.39 is 54.8 Å². The maximum Gasteiger partial charge on any atom is 0.310 e. The van der Waals surface area contributed by atoms with Gasteiger partial charge in [-0.1, -0.05) is 60.1 Å². The van der Waals surface area contributed by atoms with Crippen LogP contribution in [0.3, 0.4) is 0 Å². The van der Waals surface area contributed by atoms with E-state index in [0.29, 0.717) is 31.1 Å². The summed E-state index contributed by atoms with van der Waals surface area (Å²) in [6.45, 7) is 15.4. The monoisotopic (exact) mass is 634 g/mol. The van der Waals surface area contributed by atoms with Gasteiger partial charge in [-0.2, -0.15) is 0 Å². The van der Waals surface area contributed by atoms with E-state index in [-0.39, 0.29) is 39.1 Å². The molecule has 1 heterocycles. The van der Waals surface area contributed by atoms with Gasteiger partial charge in [0.25, 0.3) is 0 Å².